The summed E-state index contributed by atoms with van der Waals surface area (Å²) in [6, 6.07) is 0. The third-order valence-corrected chi connectivity index (χ3v) is 0.862. The fourth-order valence-corrected chi connectivity index (χ4v) is 0.250. The Morgan fingerprint density at radius 2 is 0.812 bits per heavy atom. The van der Waals surface area contributed by atoms with Crippen molar-refractivity contribution in [3.8, 4) is 0 Å². The van der Waals surface area contributed by atoms with E-state index in [1.54, 1.807) is 0 Å². The Labute approximate surface area is 116 Å². The summed E-state index contributed by atoms with van der Waals surface area (Å²) >= 11 is 0. The van der Waals surface area contributed by atoms with Crippen LogP contribution in [0, 0.1) is 0 Å². The first-order valence-electron chi connectivity index (χ1n) is 4.46. The second-order valence-electron chi connectivity index (χ2n) is 2.09. The van der Waals surface area contributed by atoms with E-state index in [0.717, 1.165) is 0 Å². The van der Waals surface area contributed by atoms with Crippen LogP contribution in [0.1, 0.15) is 0 Å². The van der Waals surface area contributed by atoms with Gasteiger partial charge >= 0.3 is 25.8 Å². The van der Waals surface area contributed by atoms with Gasteiger partial charge in [0.2, 0.25) is 0 Å². The Morgan fingerprint density at radius 3 is 0.812 bits per heavy atom. The molecule has 16 heavy (non-hydrogen) atoms. The molecule has 0 aliphatic heterocycles. The van der Waals surface area contributed by atoms with Crippen LogP contribution in [-0.4, -0.2) is 86.8 Å². The Bertz CT molecular complexity index is 56.8. The van der Waals surface area contributed by atoms with Gasteiger partial charge in [0.15, 0.2) is 0 Å². The van der Waals surface area contributed by atoms with Crippen LogP contribution in [-0.2, 0) is 14.2 Å². The van der Waals surface area contributed by atoms with E-state index in [9.17, 15) is 15.3 Å². The van der Waals surface area contributed by atoms with E-state index >= 15 is 0 Å². The van der Waals surface area contributed by atoms with E-state index < -0.39 is 0 Å². The van der Waals surface area contributed by atoms with E-state index in [4.69, 9.17) is 0 Å². The molecule has 96 valence electrons. The summed E-state index contributed by atoms with van der Waals surface area (Å²) in [5.74, 6) is 0. The Balaban J connectivity index is -0.0000000655. The molecule has 0 bridgehead atoms. The van der Waals surface area contributed by atoms with Crippen LogP contribution in [0.2, 0.25) is 0 Å². The first kappa shape index (κ1) is 25.5. The average molecular weight is 340 g/mol. The van der Waals surface area contributed by atoms with Crippen molar-refractivity contribution in [2.45, 2.75) is 0 Å². The van der Waals surface area contributed by atoms with Gasteiger partial charge < -0.3 is 29.5 Å². The number of hydrogen-bond donors (Lipinski definition) is 0. The van der Waals surface area contributed by atoms with Crippen molar-refractivity contribution in [2.24, 2.45) is 0 Å². The fraction of sp³-hybridized carbons (Fsp3) is 1.00. The molecule has 6 nitrogen and oxygen atoms in total. The van der Waals surface area contributed by atoms with Crippen LogP contribution in [0.4, 0.5) is 0 Å². The molecule has 7 heteroatoms. The zero-order chi connectivity index (χ0) is 12.4. The molecule has 0 aliphatic carbocycles. The average Bonchev–Trinajstić information content (AvgIpc) is 2.23. The van der Waals surface area contributed by atoms with Gasteiger partial charge in [-0.05, 0) is 0 Å². The van der Waals surface area contributed by atoms with Crippen molar-refractivity contribution in [1.82, 2.24) is 0 Å². The van der Waals surface area contributed by atoms with Gasteiger partial charge in [0.1, 0.15) is 0 Å². The maximum Gasteiger partial charge on any atom is 3.00 e. The summed E-state index contributed by atoms with van der Waals surface area (Å²) in [5, 5.41) is 28.2. The van der Waals surface area contributed by atoms with Crippen molar-refractivity contribution in [3.63, 3.8) is 0 Å². The number of methoxy groups -OCH3 is 3. The minimum atomic E-state index is -0.128. The monoisotopic (exact) mass is 340 g/mol. The molecular weight excluding hydrogens is 319 g/mol. The van der Waals surface area contributed by atoms with Crippen molar-refractivity contribution in [1.29, 1.82) is 0 Å². The van der Waals surface area contributed by atoms with Crippen molar-refractivity contribution < 1.29 is 29.5 Å². The number of ether oxygens (including phenoxy) is 3. The predicted molar refractivity (Wildman–Crippen MR) is 56.0 cm³/mol. The van der Waals surface area contributed by atoms with Gasteiger partial charge in [-0.1, -0.05) is 0 Å². The zero-order valence-electron chi connectivity index (χ0n) is 10.3. The molecule has 0 aliphatic rings. The Hall–Kier alpha value is 0.630. The maximum absolute atomic E-state index is 9.40. The molecule has 0 unspecified atom stereocenters. The summed E-state index contributed by atoms with van der Waals surface area (Å²) in [5.41, 5.74) is 0. The van der Waals surface area contributed by atoms with Crippen molar-refractivity contribution >= 4 is 25.8 Å². The van der Waals surface area contributed by atoms with Gasteiger partial charge in [0, 0.05) is 41.2 Å². The molecule has 0 aromatic carbocycles. The van der Waals surface area contributed by atoms with Crippen LogP contribution in [0.15, 0.2) is 0 Å². The SMILES string of the molecule is COCC[O-].COCC[O-].COCC[O-].[In+3]. The summed E-state index contributed by atoms with van der Waals surface area (Å²) in [6.45, 7) is 0.615. The predicted octanol–water partition coefficient (Wildman–Crippen LogP) is -3.40. The smallest absolute Gasteiger partial charge is 0.853 e. The van der Waals surface area contributed by atoms with Gasteiger partial charge in [-0.15, -0.1) is 19.8 Å². The van der Waals surface area contributed by atoms with Crippen molar-refractivity contribution in [3.05, 3.63) is 0 Å². The molecule has 0 atom stereocenters. The van der Waals surface area contributed by atoms with E-state index in [-0.39, 0.29) is 45.7 Å². The van der Waals surface area contributed by atoms with Crippen LogP contribution in [0.3, 0.4) is 0 Å². The normalized spacial score (nSPS) is 7.88. The standard InChI is InChI=1S/3C3H7O2.In/c3*1-5-3-2-4;/h3*2-3H2,1H3;/q3*-1;+3. The van der Waals surface area contributed by atoms with Crippen molar-refractivity contribution in [2.75, 3.05) is 61.0 Å². The van der Waals surface area contributed by atoms with E-state index in [1.165, 1.54) is 21.3 Å². The molecule has 0 saturated heterocycles. The minimum Gasteiger partial charge on any atom is -0.853 e. The Morgan fingerprint density at radius 1 is 0.625 bits per heavy atom. The maximum atomic E-state index is 9.40. The first-order valence-corrected chi connectivity index (χ1v) is 4.46. The largest absolute Gasteiger partial charge is 3.00 e. The molecule has 0 rings (SSSR count). The quantitative estimate of drug-likeness (QED) is 0.500. The summed E-state index contributed by atoms with van der Waals surface area (Å²) < 4.78 is 13.1. The van der Waals surface area contributed by atoms with Crippen LogP contribution >= 0.6 is 0 Å². The van der Waals surface area contributed by atoms with Gasteiger partial charge in [-0.2, -0.15) is 0 Å². The van der Waals surface area contributed by atoms with E-state index in [1.807, 2.05) is 0 Å². The number of hydrogen-bond acceptors (Lipinski definition) is 6. The molecule has 0 aromatic heterocycles. The van der Waals surface area contributed by atoms with Crippen LogP contribution in [0.5, 0.6) is 0 Å². The summed E-state index contributed by atoms with van der Waals surface area (Å²) in [7, 11) is 4.54. The molecular formula is C9H21InO6. The van der Waals surface area contributed by atoms with E-state index in [0.29, 0.717) is 19.8 Å². The molecule has 0 radical (unpaired) electrons. The minimum absolute atomic E-state index is 0. The molecule has 0 saturated carbocycles. The molecule has 0 amide bonds. The second kappa shape index (κ2) is 36.1. The molecule has 0 N–H and O–H groups in total. The second-order valence-corrected chi connectivity index (χ2v) is 2.09. The van der Waals surface area contributed by atoms with Gasteiger partial charge in [-0.25, -0.2) is 0 Å². The molecule has 0 aromatic rings. The van der Waals surface area contributed by atoms with Crippen LogP contribution in [0.25, 0.3) is 0 Å². The Kier molecular flexibility index (Phi) is 57.4. The fourth-order valence-electron chi connectivity index (χ4n) is 0.250. The summed E-state index contributed by atoms with van der Waals surface area (Å²) in [6.07, 6.45) is 0. The third kappa shape index (κ3) is 61.8. The topological polar surface area (TPSA) is 96.9 Å². The van der Waals surface area contributed by atoms with Gasteiger partial charge in [-0.3, -0.25) is 0 Å². The first-order chi connectivity index (χ1) is 7.24. The number of rotatable bonds is 6. The van der Waals surface area contributed by atoms with Gasteiger partial charge in [0.25, 0.3) is 0 Å². The van der Waals surface area contributed by atoms with Crippen LogP contribution < -0.4 is 15.3 Å². The molecule has 0 spiro atoms. The van der Waals surface area contributed by atoms with E-state index in [2.05, 4.69) is 14.2 Å². The third-order valence-electron chi connectivity index (χ3n) is 0.862. The summed E-state index contributed by atoms with van der Waals surface area (Å²) in [4.78, 5) is 0. The molecule has 0 fully saturated rings. The van der Waals surface area contributed by atoms with Gasteiger partial charge in [0.05, 0.1) is 0 Å². The zero-order valence-corrected chi connectivity index (χ0v) is 13.6. The molecule has 0 heterocycles.